The van der Waals surface area contributed by atoms with Crippen LogP contribution in [0.5, 0.6) is 0 Å². The Kier molecular flexibility index (Phi) is 4.51. The highest BCUT2D eigenvalue weighted by atomic mass is 16.2. The van der Waals surface area contributed by atoms with Crippen molar-refractivity contribution in [3.8, 4) is 0 Å². The van der Waals surface area contributed by atoms with Gasteiger partial charge in [0.05, 0.1) is 12.2 Å². The average molecular weight is 324 g/mol. The molecule has 1 amide bonds. The molecule has 0 fully saturated rings. The van der Waals surface area contributed by atoms with Crippen LogP contribution in [0.3, 0.4) is 0 Å². The van der Waals surface area contributed by atoms with E-state index < -0.39 is 0 Å². The molecular weight excluding hydrogens is 300 g/mol. The van der Waals surface area contributed by atoms with Gasteiger partial charge in [0, 0.05) is 37.7 Å². The smallest absolute Gasteiger partial charge is 0.254 e. The minimum absolute atomic E-state index is 0.0753. The molecule has 0 aliphatic carbocycles. The third-order valence-electron chi connectivity index (χ3n) is 4.57. The average Bonchev–Trinajstić information content (AvgIpc) is 2.60. The first-order valence-corrected chi connectivity index (χ1v) is 8.43. The third-order valence-corrected chi connectivity index (χ3v) is 4.57. The van der Waals surface area contributed by atoms with Crippen LogP contribution in [0.15, 0.2) is 24.3 Å². The van der Waals surface area contributed by atoms with E-state index in [9.17, 15) is 4.79 Å². The summed E-state index contributed by atoms with van der Waals surface area (Å²) >= 11 is 0. The molecule has 5 heteroatoms. The number of hydrogen-bond acceptors (Lipinski definition) is 4. The number of aromatic nitrogens is 2. The predicted molar refractivity (Wildman–Crippen MR) is 95.3 cm³/mol. The van der Waals surface area contributed by atoms with E-state index in [-0.39, 0.29) is 5.91 Å². The first kappa shape index (κ1) is 16.4. The molecule has 126 valence electrons. The zero-order chi connectivity index (χ0) is 17.3. The van der Waals surface area contributed by atoms with Crippen LogP contribution in [0.25, 0.3) is 0 Å². The summed E-state index contributed by atoms with van der Waals surface area (Å²) in [6.45, 7) is 8.19. The molecule has 0 saturated carbocycles. The highest BCUT2D eigenvalue weighted by molar-refractivity contribution is 5.94. The summed E-state index contributed by atoms with van der Waals surface area (Å²) in [5.74, 6) is 1.81. The van der Waals surface area contributed by atoms with Crippen LogP contribution in [-0.4, -0.2) is 40.9 Å². The molecule has 0 radical (unpaired) electrons. The maximum absolute atomic E-state index is 12.8. The molecule has 1 aliphatic heterocycles. The van der Waals surface area contributed by atoms with Gasteiger partial charge in [-0.1, -0.05) is 17.7 Å². The zero-order valence-corrected chi connectivity index (χ0v) is 14.8. The highest BCUT2D eigenvalue weighted by Gasteiger charge is 2.26. The van der Waals surface area contributed by atoms with Crippen molar-refractivity contribution in [2.75, 3.05) is 25.0 Å². The molecule has 1 aliphatic rings. The number of fused-ring (bicyclic) bond motifs is 1. The Balaban J connectivity index is 1.90. The van der Waals surface area contributed by atoms with E-state index in [1.54, 1.807) is 0 Å². The molecule has 0 bridgehead atoms. The van der Waals surface area contributed by atoms with Crippen molar-refractivity contribution >= 4 is 11.7 Å². The van der Waals surface area contributed by atoms with Crippen LogP contribution >= 0.6 is 0 Å². The number of anilines is 1. The number of amides is 1. The number of aryl methyl sites for hydroxylation is 2. The Bertz CT molecular complexity index is 755. The fraction of sp³-hybridized carbons (Fsp3) is 0.421. The van der Waals surface area contributed by atoms with Crippen LogP contribution in [-0.2, 0) is 13.0 Å². The van der Waals surface area contributed by atoms with Gasteiger partial charge in [0.1, 0.15) is 11.6 Å². The number of carbonyl (C=O) groups is 1. The Morgan fingerprint density at radius 2 is 1.92 bits per heavy atom. The summed E-state index contributed by atoms with van der Waals surface area (Å²) in [5.41, 5.74) is 4.05. The lowest BCUT2D eigenvalue weighted by Gasteiger charge is -2.31. The van der Waals surface area contributed by atoms with Gasteiger partial charge in [-0.2, -0.15) is 0 Å². The molecule has 3 rings (SSSR count). The summed E-state index contributed by atoms with van der Waals surface area (Å²) < 4.78 is 0. The maximum Gasteiger partial charge on any atom is 0.254 e. The number of hydrogen-bond donors (Lipinski definition) is 0. The van der Waals surface area contributed by atoms with E-state index in [2.05, 4.69) is 21.8 Å². The minimum Gasteiger partial charge on any atom is -0.360 e. The van der Waals surface area contributed by atoms with E-state index in [4.69, 9.17) is 0 Å². The van der Waals surface area contributed by atoms with Crippen molar-refractivity contribution in [2.45, 2.75) is 33.7 Å². The second-order valence-corrected chi connectivity index (χ2v) is 6.38. The monoisotopic (exact) mass is 324 g/mol. The lowest BCUT2D eigenvalue weighted by molar-refractivity contribution is 0.0733. The molecule has 2 heterocycles. The molecule has 0 spiro atoms. The van der Waals surface area contributed by atoms with E-state index in [0.717, 1.165) is 47.0 Å². The second-order valence-electron chi connectivity index (χ2n) is 6.38. The van der Waals surface area contributed by atoms with Crippen molar-refractivity contribution < 1.29 is 4.79 Å². The topological polar surface area (TPSA) is 49.3 Å². The fourth-order valence-electron chi connectivity index (χ4n) is 3.03. The van der Waals surface area contributed by atoms with Crippen LogP contribution < -0.4 is 4.90 Å². The molecule has 5 nitrogen and oxygen atoms in total. The maximum atomic E-state index is 12.8. The first-order valence-electron chi connectivity index (χ1n) is 8.43. The van der Waals surface area contributed by atoms with E-state index in [1.165, 1.54) is 0 Å². The second kappa shape index (κ2) is 6.59. The third kappa shape index (κ3) is 3.11. The molecular formula is C19H24N4O. The van der Waals surface area contributed by atoms with Crippen LogP contribution in [0.2, 0.25) is 0 Å². The number of benzene rings is 1. The largest absolute Gasteiger partial charge is 0.360 e. The van der Waals surface area contributed by atoms with Crippen LogP contribution in [0.1, 0.15) is 39.9 Å². The van der Waals surface area contributed by atoms with Gasteiger partial charge in [0.2, 0.25) is 0 Å². The summed E-state index contributed by atoms with van der Waals surface area (Å²) in [4.78, 5) is 26.0. The highest BCUT2D eigenvalue weighted by Crippen LogP contribution is 2.27. The normalized spacial score (nSPS) is 13.6. The Hall–Kier alpha value is -2.43. The molecule has 0 saturated heterocycles. The SMILES string of the molecule is CCN(C)c1nc(C)nc2c1CN(C(=O)c1ccc(C)cc1)CC2. The lowest BCUT2D eigenvalue weighted by atomic mass is 10.0. The van der Waals surface area contributed by atoms with E-state index in [0.29, 0.717) is 13.1 Å². The van der Waals surface area contributed by atoms with Crippen molar-refractivity contribution in [3.63, 3.8) is 0 Å². The van der Waals surface area contributed by atoms with Crippen molar-refractivity contribution in [3.05, 3.63) is 52.5 Å². The molecule has 0 N–H and O–H groups in total. The Morgan fingerprint density at radius 1 is 1.21 bits per heavy atom. The van der Waals surface area contributed by atoms with Gasteiger partial charge < -0.3 is 9.80 Å². The summed E-state index contributed by atoms with van der Waals surface area (Å²) in [7, 11) is 2.03. The number of carbonyl (C=O) groups excluding carboxylic acids is 1. The van der Waals surface area contributed by atoms with Gasteiger partial charge in [0.25, 0.3) is 5.91 Å². The van der Waals surface area contributed by atoms with Gasteiger partial charge in [-0.05, 0) is 32.9 Å². The molecule has 1 aromatic carbocycles. The predicted octanol–water partition coefficient (Wildman–Crippen LogP) is 2.75. The van der Waals surface area contributed by atoms with E-state index in [1.807, 2.05) is 50.1 Å². The van der Waals surface area contributed by atoms with E-state index >= 15 is 0 Å². The van der Waals surface area contributed by atoms with Gasteiger partial charge in [-0.3, -0.25) is 4.79 Å². The first-order chi connectivity index (χ1) is 11.5. The lowest BCUT2D eigenvalue weighted by Crippen LogP contribution is -2.38. The molecule has 1 aromatic heterocycles. The van der Waals surface area contributed by atoms with Crippen molar-refractivity contribution in [1.29, 1.82) is 0 Å². The van der Waals surface area contributed by atoms with Gasteiger partial charge in [-0.15, -0.1) is 0 Å². The molecule has 24 heavy (non-hydrogen) atoms. The van der Waals surface area contributed by atoms with Crippen LogP contribution in [0.4, 0.5) is 5.82 Å². The quantitative estimate of drug-likeness (QED) is 0.871. The number of nitrogens with zero attached hydrogens (tertiary/aromatic N) is 4. The molecule has 2 aromatic rings. The minimum atomic E-state index is 0.0753. The fourth-order valence-corrected chi connectivity index (χ4v) is 3.03. The van der Waals surface area contributed by atoms with Gasteiger partial charge in [-0.25, -0.2) is 9.97 Å². The van der Waals surface area contributed by atoms with Crippen LogP contribution in [0, 0.1) is 13.8 Å². The van der Waals surface area contributed by atoms with Gasteiger partial charge >= 0.3 is 0 Å². The Morgan fingerprint density at radius 3 is 2.58 bits per heavy atom. The van der Waals surface area contributed by atoms with Crippen molar-refractivity contribution in [1.82, 2.24) is 14.9 Å². The standard InChI is InChI=1S/C19H24N4O/c1-5-22(4)18-16-12-23(11-10-17(16)20-14(3)21-18)19(24)15-8-6-13(2)7-9-15/h6-9H,5,10-12H2,1-4H3. The summed E-state index contributed by atoms with van der Waals surface area (Å²) in [6.07, 6.45) is 0.779. The van der Waals surface area contributed by atoms with Crippen molar-refractivity contribution in [2.24, 2.45) is 0 Å². The number of rotatable bonds is 3. The molecule has 0 unspecified atom stereocenters. The zero-order valence-electron chi connectivity index (χ0n) is 14.8. The molecule has 0 atom stereocenters. The summed E-state index contributed by atoms with van der Waals surface area (Å²) in [6, 6.07) is 7.76. The summed E-state index contributed by atoms with van der Waals surface area (Å²) in [5, 5.41) is 0. The van der Waals surface area contributed by atoms with Gasteiger partial charge in [0.15, 0.2) is 0 Å². The Labute approximate surface area is 143 Å².